The Labute approximate surface area is 89.8 Å². The minimum atomic E-state index is 0.838. The van der Waals surface area contributed by atoms with Crippen LogP contribution >= 0.6 is 21.6 Å². The molecule has 4 heteroatoms. The zero-order valence-electron chi connectivity index (χ0n) is 8.99. The number of rotatable bonds is 4. The lowest BCUT2D eigenvalue weighted by molar-refractivity contribution is 0.376. The third-order valence-electron chi connectivity index (χ3n) is 1.99. The van der Waals surface area contributed by atoms with Crippen molar-refractivity contribution in [2.24, 2.45) is 0 Å². The first kappa shape index (κ1) is 11.7. The Balaban J connectivity index is 2.20. The van der Waals surface area contributed by atoms with Gasteiger partial charge >= 0.3 is 0 Å². The maximum absolute atomic E-state index is 2.29. The molecule has 1 heterocycles. The van der Waals surface area contributed by atoms with E-state index >= 15 is 0 Å². The molecule has 0 saturated carbocycles. The minimum absolute atomic E-state index is 0.838. The molecule has 0 aromatic rings. The van der Waals surface area contributed by atoms with Gasteiger partial charge in [-0.25, -0.2) is 0 Å². The maximum Gasteiger partial charge on any atom is 0.0290 e. The summed E-state index contributed by atoms with van der Waals surface area (Å²) in [5.41, 5.74) is 0. The molecule has 0 aromatic carbocycles. The standard InChI is InChI=1S/C9H20N2S2/c1-10(2)6-8-5-9(13-12-8)7-11(3)4/h8-9H,5-7H2,1-4H3/t8-,9-/m1/s1. The van der Waals surface area contributed by atoms with E-state index < -0.39 is 0 Å². The van der Waals surface area contributed by atoms with E-state index in [1.165, 1.54) is 19.5 Å². The van der Waals surface area contributed by atoms with Crippen LogP contribution < -0.4 is 0 Å². The Morgan fingerprint density at radius 3 is 1.62 bits per heavy atom. The largest absolute Gasteiger partial charge is 0.308 e. The summed E-state index contributed by atoms with van der Waals surface area (Å²) >= 11 is 0. The van der Waals surface area contributed by atoms with Crippen molar-refractivity contribution in [1.82, 2.24) is 9.80 Å². The van der Waals surface area contributed by atoms with Crippen molar-refractivity contribution < 1.29 is 0 Å². The normalized spacial score (nSPS) is 29.1. The predicted molar refractivity (Wildman–Crippen MR) is 64.5 cm³/mol. The summed E-state index contributed by atoms with van der Waals surface area (Å²) in [5.74, 6) is 0. The highest BCUT2D eigenvalue weighted by Gasteiger charge is 2.26. The van der Waals surface area contributed by atoms with Crippen molar-refractivity contribution in [2.75, 3.05) is 41.3 Å². The van der Waals surface area contributed by atoms with Crippen molar-refractivity contribution >= 4 is 21.6 Å². The fourth-order valence-corrected chi connectivity index (χ4v) is 5.11. The van der Waals surface area contributed by atoms with Crippen LogP contribution in [0.25, 0.3) is 0 Å². The van der Waals surface area contributed by atoms with Crippen LogP contribution in [0.4, 0.5) is 0 Å². The second-order valence-corrected chi connectivity index (χ2v) is 7.07. The lowest BCUT2D eigenvalue weighted by atomic mass is 10.2. The summed E-state index contributed by atoms with van der Waals surface area (Å²) in [6.45, 7) is 2.45. The zero-order chi connectivity index (χ0) is 9.84. The fraction of sp³-hybridized carbons (Fsp3) is 1.00. The van der Waals surface area contributed by atoms with Crippen molar-refractivity contribution in [3.8, 4) is 0 Å². The van der Waals surface area contributed by atoms with Crippen LogP contribution in [0.1, 0.15) is 6.42 Å². The van der Waals surface area contributed by atoms with Gasteiger partial charge < -0.3 is 9.80 Å². The van der Waals surface area contributed by atoms with Crippen molar-refractivity contribution in [3.05, 3.63) is 0 Å². The number of hydrogen-bond acceptors (Lipinski definition) is 4. The molecule has 2 atom stereocenters. The molecule has 0 bridgehead atoms. The van der Waals surface area contributed by atoms with Crippen LogP contribution in [0.2, 0.25) is 0 Å². The molecule has 1 rings (SSSR count). The van der Waals surface area contributed by atoms with E-state index in [1.54, 1.807) is 0 Å². The Hall–Kier alpha value is 0.620. The highest BCUT2D eigenvalue weighted by molar-refractivity contribution is 8.77. The monoisotopic (exact) mass is 220 g/mol. The van der Waals surface area contributed by atoms with Gasteiger partial charge in [0.2, 0.25) is 0 Å². The molecule has 0 aliphatic carbocycles. The molecule has 13 heavy (non-hydrogen) atoms. The average Bonchev–Trinajstić information content (AvgIpc) is 2.33. The van der Waals surface area contributed by atoms with Gasteiger partial charge in [-0.1, -0.05) is 21.6 Å². The predicted octanol–water partition coefficient (Wildman–Crippen LogP) is 1.63. The molecule has 0 aromatic heterocycles. The van der Waals surface area contributed by atoms with Gasteiger partial charge in [0.05, 0.1) is 0 Å². The van der Waals surface area contributed by atoms with E-state index in [4.69, 9.17) is 0 Å². The molecule has 1 fully saturated rings. The van der Waals surface area contributed by atoms with E-state index in [2.05, 4.69) is 59.6 Å². The summed E-state index contributed by atoms with van der Waals surface area (Å²) < 4.78 is 0. The Kier molecular flexibility index (Phi) is 4.94. The van der Waals surface area contributed by atoms with Crippen molar-refractivity contribution in [2.45, 2.75) is 16.9 Å². The van der Waals surface area contributed by atoms with Crippen LogP contribution in [0.3, 0.4) is 0 Å². The van der Waals surface area contributed by atoms with E-state index in [9.17, 15) is 0 Å². The highest BCUT2D eigenvalue weighted by Crippen LogP contribution is 2.43. The Morgan fingerprint density at radius 2 is 1.31 bits per heavy atom. The van der Waals surface area contributed by atoms with Gasteiger partial charge in [-0.05, 0) is 34.6 Å². The number of hydrogen-bond donors (Lipinski definition) is 0. The molecular formula is C9H20N2S2. The molecule has 78 valence electrons. The third-order valence-corrected chi connectivity index (χ3v) is 5.30. The molecule has 1 saturated heterocycles. The molecule has 0 amide bonds. The van der Waals surface area contributed by atoms with Crippen LogP contribution in [-0.2, 0) is 0 Å². The maximum atomic E-state index is 2.29. The van der Waals surface area contributed by atoms with Crippen LogP contribution in [0.5, 0.6) is 0 Å². The smallest absolute Gasteiger partial charge is 0.0290 e. The van der Waals surface area contributed by atoms with Gasteiger partial charge in [-0.3, -0.25) is 0 Å². The van der Waals surface area contributed by atoms with Gasteiger partial charge in [-0.15, -0.1) is 0 Å². The average molecular weight is 220 g/mol. The lowest BCUT2D eigenvalue weighted by Gasteiger charge is -2.16. The van der Waals surface area contributed by atoms with E-state index in [-0.39, 0.29) is 0 Å². The summed E-state index contributed by atoms with van der Waals surface area (Å²) in [4.78, 5) is 4.58. The van der Waals surface area contributed by atoms with E-state index in [1.807, 2.05) is 0 Å². The fourth-order valence-electron chi connectivity index (χ4n) is 1.55. The van der Waals surface area contributed by atoms with Gasteiger partial charge in [0.1, 0.15) is 0 Å². The molecule has 0 unspecified atom stereocenters. The molecule has 1 aliphatic heterocycles. The summed E-state index contributed by atoms with van der Waals surface area (Å²) in [5, 5.41) is 1.68. The molecule has 0 N–H and O–H groups in total. The summed E-state index contributed by atoms with van der Waals surface area (Å²) in [6, 6.07) is 0. The van der Waals surface area contributed by atoms with Gasteiger partial charge in [0.25, 0.3) is 0 Å². The summed E-state index contributed by atoms with van der Waals surface area (Å²) in [7, 11) is 12.8. The Morgan fingerprint density at radius 1 is 0.923 bits per heavy atom. The SMILES string of the molecule is CN(C)C[C@H]1C[C@H](CN(C)C)SS1. The minimum Gasteiger partial charge on any atom is -0.308 e. The van der Waals surface area contributed by atoms with E-state index in [0.717, 1.165) is 10.5 Å². The molecular weight excluding hydrogens is 200 g/mol. The molecule has 0 radical (unpaired) electrons. The second kappa shape index (κ2) is 5.49. The van der Waals surface area contributed by atoms with Crippen LogP contribution in [-0.4, -0.2) is 61.6 Å². The van der Waals surface area contributed by atoms with Crippen LogP contribution in [0, 0.1) is 0 Å². The van der Waals surface area contributed by atoms with Crippen molar-refractivity contribution in [3.63, 3.8) is 0 Å². The lowest BCUT2D eigenvalue weighted by Crippen LogP contribution is -2.26. The first-order chi connectivity index (χ1) is 6.08. The quantitative estimate of drug-likeness (QED) is 0.664. The first-order valence-corrected chi connectivity index (χ1v) is 6.97. The van der Waals surface area contributed by atoms with Gasteiger partial charge in [-0.2, -0.15) is 0 Å². The molecule has 2 nitrogen and oxygen atoms in total. The Bertz CT molecular complexity index is 135. The summed E-state index contributed by atoms with van der Waals surface area (Å²) in [6.07, 6.45) is 1.37. The first-order valence-electron chi connectivity index (χ1n) is 4.69. The van der Waals surface area contributed by atoms with Gasteiger partial charge in [0, 0.05) is 23.6 Å². The topological polar surface area (TPSA) is 6.48 Å². The van der Waals surface area contributed by atoms with Crippen LogP contribution in [0.15, 0.2) is 0 Å². The van der Waals surface area contributed by atoms with Gasteiger partial charge in [0.15, 0.2) is 0 Å². The molecule has 0 spiro atoms. The highest BCUT2D eigenvalue weighted by atomic mass is 33.1. The van der Waals surface area contributed by atoms with Crippen molar-refractivity contribution in [1.29, 1.82) is 0 Å². The van der Waals surface area contributed by atoms with E-state index in [0.29, 0.717) is 0 Å². The number of nitrogens with zero attached hydrogens (tertiary/aromatic N) is 2. The third kappa shape index (κ3) is 4.58. The molecule has 1 aliphatic rings. The zero-order valence-corrected chi connectivity index (χ0v) is 10.6. The second-order valence-electron chi connectivity index (χ2n) is 4.20.